The first-order chi connectivity index (χ1) is 9.25. The van der Waals surface area contributed by atoms with Crippen molar-refractivity contribution in [2.45, 2.75) is 32.2 Å². The molecule has 1 aromatic heterocycles. The van der Waals surface area contributed by atoms with Crippen LogP contribution in [0.5, 0.6) is 0 Å². The van der Waals surface area contributed by atoms with Crippen molar-refractivity contribution in [2.75, 3.05) is 0 Å². The van der Waals surface area contributed by atoms with E-state index in [1.807, 2.05) is 19.1 Å². The van der Waals surface area contributed by atoms with Gasteiger partial charge in [-0.15, -0.1) is 0 Å². The lowest BCUT2D eigenvalue weighted by atomic mass is 9.87. The van der Waals surface area contributed by atoms with Crippen LogP contribution in [0.15, 0.2) is 35.0 Å². The van der Waals surface area contributed by atoms with E-state index in [2.05, 4.69) is 22.6 Å². The molecular weight excluding hydrogens is 240 g/mol. The molecular formula is C15H16N2O2. The molecule has 98 valence electrons. The Morgan fingerprint density at radius 1 is 1.42 bits per heavy atom. The van der Waals surface area contributed by atoms with E-state index in [4.69, 9.17) is 4.52 Å². The lowest BCUT2D eigenvalue weighted by Gasteiger charge is -2.25. The monoisotopic (exact) mass is 256 g/mol. The van der Waals surface area contributed by atoms with Crippen molar-refractivity contribution >= 4 is 5.91 Å². The summed E-state index contributed by atoms with van der Waals surface area (Å²) in [7, 11) is 0. The molecule has 4 nitrogen and oxygen atoms in total. The lowest BCUT2D eigenvalue weighted by Crippen LogP contribution is -2.31. The predicted molar refractivity (Wildman–Crippen MR) is 70.8 cm³/mol. The molecule has 1 aliphatic rings. The first-order valence-corrected chi connectivity index (χ1v) is 6.55. The van der Waals surface area contributed by atoms with Crippen molar-refractivity contribution in [1.82, 2.24) is 10.5 Å². The molecule has 4 heteroatoms. The molecule has 1 N–H and O–H groups in total. The number of rotatable bonds is 2. The van der Waals surface area contributed by atoms with Crippen LogP contribution in [0.3, 0.4) is 0 Å². The van der Waals surface area contributed by atoms with E-state index >= 15 is 0 Å². The number of benzene rings is 1. The van der Waals surface area contributed by atoms with E-state index < -0.39 is 0 Å². The third-order valence-corrected chi connectivity index (χ3v) is 3.63. The Hall–Kier alpha value is -2.10. The summed E-state index contributed by atoms with van der Waals surface area (Å²) in [6.45, 7) is 1.82. The molecule has 0 fully saturated rings. The summed E-state index contributed by atoms with van der Waals surface area (Å²) in [5.41, 5.74) is 3.31. The number of carbonyl (C=O) groups excluding carboxylic acids is 1. The third-order valence-electron chi connectivity index (χ3n) is 3.63. The van der Waals surface area contributed by atoms with Crippen LogP contribution in [-0.2, 0) is 6.42 Å². The Labute approximate surface area is 111 Å². The van der Waals surface area contributed by atoms with Gasteiger partial charge >= 0.3 is 0 Å². The van der Waals surface area contributed by atoms with Crippen LogP contribution in [0.1, 0.15) is 46.1 Å². The number of hydrogen-bond acceptors (Lipinski definition) is 3. The second-order valence-corrected chi connectivity index (χ2v) is 4.96. The maximum atomic E-state index is 12.2. The Morgan fingerprint density at radius 3 is 3.05 bits per heavy atom. The molecule has 0 bridgehead atoms. The molecule has 0 saturated carbocycles. The number of aryl methyl sites for hydroxylation is 2. The molecule has 3 rings (SSSR count). The summed E-state index contributed by atoms with van der Waals surface area (Å²) in [4.78, 5) is 12.2. The summed E-state index contributed by atoms with van der Waals surface area (Å²) < 4.78 is 4.99. The Balaban J connectivity index is 1.82. The van der Waals surface area contributed by atoms with Crippen LogP contribution in [-0.4, -0.2) is 11.1 Å². The molecule has 1 aliphatic carbocycles. The van der Waals surface area contributed by atoms with Crippen molar-refractivity contribution in [2.24, 2.45) is 0 Å². The van der Waals surface area contributed by atoms with E-state index in [-0.39, 0.29) is 11.9 Å². The van der Waals surface area contributed by atoms with E-state index in [1.165, 1.54) is 11.1 Å². The SMILES string of the molecule is Cc1cnoc1C(=O)NC1CCCc2ccccc21. The van der Waals surface area contributed by atoms with Gasteiger partial charge in [0.15, 0.2) is 0 Å². The average Bonchev–Trinajstić information content (AvgIpc) is 2.85. The predicted octanol–water partition coefficient (Wildman–Crippen LogP) is 2.79. The van der Waals surface area contributed by atoms with Crippen LogP contribution in [0.4, 0.5) is 0 Å². The molecule has 0 spiro atoms. The fourth-order valence-electron chi connectivity index (χ4n) is 2.64. The molecule has 1 aromatic carbocycles. The highest BCUT2D eigenvalue weighted by molar-refractivity contribution is 5.92. The van der Waals surface area contributed by atoms with Gasteiger partial charge in [0.05, 0.1) is 12.2 Å². The third kappa shape index (κ3) is 2.26. The highest BCUT2D eigenvalue weighted by Gasteiger charge is 2.23. The van der Waals surface area contributed by atoms with E-state index in [9.17, 15) is 4.79 Å². The molecule has 1 amide bonds. The van der Waals surface area contributed by atoms with Gasteiger partial charge < -0.3 is 9.84 Å². The van der Waals surface area contributed by atoms with Crippen molar-refractivity contribution in [3.8, 4) is 0 Å². The van der Waals surface area contributed by atoms with E-state index in [1.54, 1.807) is 6.20 Å². The van der Waals surface area contributed by atoms with Crippen LogP contribution in [0, 0.1) is 6.92 Å². The van der Waals surface area contributed by atoms with Gasteiger partial charge in [-0.05, 0) is 37.3 Å². The van der Waals surface area contributed by atoms with Crippen molar-refractivity contribution in [3.05, 3.63) is 52.9 Å². The van der Waals surface area contributed by atoms with Crippen LogP contribution < -0.4 is 5.32 Å². The van der Waals surface area contributed by atoms with Gasteiger partial charge in [0.1, 0.15) is 0 Å². The van der Waals surface area contributed by atoms with Gasteiger partial charge in [-0.3, -0.25) is 4.79 Å². The average molecular weight is 256 g/mol. The van der Waals surface area contributed by atoms with Gasteiger partial charge in [-0.2, -0.15) is 0 Å². The van der Waals surface area contributed by atoms with Crippen LogP contribution in [0.25, 0.3) is 0 Å². The maximum absolute atomic E-state index is 12.2. The molecule has 2 aromatic rings. The molecule has 1 heterocycles. The Kier molecular flexibility index (Phi) is 3.07. The molecule has 0 aliphatic heterocycles. The number of nitrogens with zero attached hydrogens (tertiary/aromatic N) is 1. The standard InChI is InChI=1S/C15H16N2O2/c1-10-9-16-19-14(10)15(18)17-13-8-4-6-11-5-2-3-7-12(11)13/h2-3,5,7,9,13H,4,6,8H2,1H3,(H,17,18). The summed E-state index contributed by atoms with van der Waals surface area (Å²) in [5, 5.41) is 6.69. The highest BCUT2D eigenvalue weighted by atomic mass is 16.5. The van der Waals surface area contributed by atoms with Gasteiger partial charge in [-0.25, -0.2) is 0 Å². The fourth-order valence-corrected chi connectivity index (χ4v) is 2.64. The molecule has 19 heavy (non-hydrogen) atoms. The zero-order valence-electron chi connectivity index (χ0n) is 10.8. The van der Waals surface area contributed by atoms with E-state index in [0.29, 0.717) is 5.76 Å². The van der Waals surface area contributed by atoms with Crippen LogP contribution in [0.2, 0.25) is 0 Å². The van der Waals surface area contributed by atoms with Gasteiger partial charge in [0.2, 0.25) is 5.76 Å². The van der Waals surface area contributed by atoms with Gasteiger partial charge in [-0.1, -0.05) is 29.4 Å². The number of nitrogens with one attached hydrogen (secondary N) is 1. The smallest absolute Gasteiger partial charge is 0.290 e. The highest BCUT2D eigenvalue weighted by Crippen LogP contribution is 2.29. The maximum Gasteiger partial charge on any atom is 0.290 e. The zero-order chi connectivity index (χ0) is 13.2. The number of aromatic nitrogens is 1. The van der Waals surface area contributed by atoms with Crippen LogP contribution >= 0.6 is 0 Å². The largest absolute Gasteiger partial charge is 0.351 e. The second-order valence-electron chi connectivity index (χ2n) is 4.96. The minimum Gasteiger partial charge on any atom is -0.351 e. The summed E-state index contributed by atoms with van der Waals surface area (Å²) in [6.07, 6.45) is 4.71. The van der Waals surface area contributed by atoms with Gasteiger partial charge in [0.25, 0.3) is 5.91 Å². The number of hydrogen-bond donors (Lipinski definition) is 1. The number of amides is 1. The fraction of sp³-hybridized carbons (Fsp3) is 0.333. The topological polar surface area (TPSA) is 55.1 Å². The van der Waals surface area contributed by atoms with Crippen molar-refractivity contribution in [3.63, 3.8) is 0 Å². The number of fused-ring (bicyclic) bond motifs is 1. The normalized spacial score (nSPS) is 17.8. The lowest BCUT2D eigenvalue weighted by molar-refractivity contribution is 0.0894. The minimum atomic E-state index is -0.184. The summed E-state index contributed by atoms with van der Waals surface area (Å²) in [5.74, 6) is 0.125. The van der Waals surface area contributed by atoms with Crippen molar-refractivity contribution < 1.29 is 9.32 Å². The first-order valence-electron chi connectivity index (χ1n) is 6.55. The quantitative estimate of drug-likeness (QED) is 0.898. The zero-order valence-corrected chi connectivity index (χ0v) is 10.8. The Morgan fingerprint density at radius 2 is 2.26 bits per heavy atom. The first kappa shape index (κ1) is 12.0. The second kappa shape index (κ2) is 4.88. The molecule has 1 unspecified atom stereocenters. The number of carbonyl (C=O) groups is 1. The van der Waals surface area contributed by atoms with E-state index in [0.717, 1.165) is 24.8 Å². The molecule has 1 atom stereocenters. The van der Waals surface area contributed by atoms with Crippen molar-refractivity contribution in [1.29, 1.82) is 0 Å². The summed E-state index contributed by atoms with van der Waals surface area (Å²) >= 11 is 0. The molecule has 0 radical (unpaired) electrons. The minimum absolute atomic E-state index is 0.0712. The van der Waals surface area contributed by atoms with Gasteiger partial charge in [0, 0.05) is 5.56 Å². The molecule has 0 saturated heterocycles. The summed E-state index contributed by atoms with van der Waals surface area (Å²) in [6, 6.07) is 8.36. The Bertz CT molecular complexity index is 604.